The summed E-state index contributed by atoms with van der Waals surface area (Å²) in [5, 5.41) is 17.0. The Hall–Kier alpha value is -1.36. The van der Waals surface area contributed by atoms with Gasteiger partial charge in [0.05, 0.1) is 16.8 Å². The van der Waals surface area contributed by atoms with Gasteiger partial charge in [-0.25, -0.2) is 0 Å². The summed E-state index contributed by atoms with van der Waals surface area (Å²) in [4.78, 5) is 11.3. The molecule has 0 radical (unpaired) electrons. The summed E-state index contributed by atoms with van der Waals surface area (Å²) in [5.74, 6) is -0.802. The molecule has 19 heavy (non-hydrogen) atoms. The number of carbonyl (C=O) groups is 1. The van der Waals surface area contributed by atoms with Crippen LogP contribution in [0, 0.1) is 5.41 Å². The van der Waals surface area contributed by atoms with Crippen molar-refractivity contribution < 1.29 is 9.90 Å². The largest absolute Gasteiger partial charge is 0.481 e. The number of aromatic nitrogens is 2. The van der Waals surface area contributed by atoms with Crippen molar-refractivity contribution >= 4 is 5.97 Å². The highest BCUT2D eigenvalue weighted by atomic mass is 16.4. The lowest BCUT2D eigenvalue weighted by Crippen LogP contribution is -2.54. The van der Waals surface area contributed by atoms with Crippen molar-refractivity contribution in [1.29, 1.82) is 0 Å². The Labute approximate surface area is 115 Å². The molecular formula is C14H25N3O2. The van der Waals surface area contributed by atoms with Gasteiger partial charge in [-0.3, -0.25) is 9.48 Å². The number of carboxylic acids is 1. The summed E-state index contributed by atoms with van der Waals surface area (Å²) < 4.78 is 1.84. The van der Waals surface area contributed by atoms with Crippen LogP contribution in [0.15, 0.2) is 6.07 Å². The van der Waals surface area contributed by atoms with Crippen molar-refractivity contribution in [2.45, 2.75) is 53.1 Å². The molecule has 0 amide bonds. The zero-order valence-electron chi connectivity index (χ0n) is 12.7. The molecule has 5 nitrogen and oxygen atoms in total. The Morgan fingerprint density at radius 1 is 1.42 bits per heavy atom. The van der Waals surface area contributed by atoms with Crippen LogP contribution in [0.1, 0.15) is 46.0 Å². The summed E-state index contributed by atoms with van der Waals surface area (Å²) in [7, 11) is 1.91. The van der Waals surface area contributed by atoms with E-state index < -0.39 is 16.9 Å². The highest BCUT2D eigenvalue weighted by Crippen LogP contribution is 2.30. The standard InChI is InChI=1S/C14H25N3O2/c1-7-10-8-11(17(6)16-10)9-15-14(4,5)13(2,3)12(18)19/h8,15H,7,9H2,1-6H3,(H,18,19). The SMILES string of the molecule is CCc1cc(CNC(C)(C)C(C)(C)C(=O)O)n(C)n1. The van der Waals surface area contributed by atoms with Crippen molar-refractivity contribution in [2.75, 3.05) is 0 Å². The van der Waals surface area contributed by atoms with E-state index in [1.807, 2.05) is 25.6 Å². The second-order valence-corrected chi connectivity index (χ2v) is 6.01. The molecule has 0 atom stereocenters. The van der Waals surface area contributed by atoms with Gasteiger partial charge in [-0.15, -0.1) is 0 Å². The van der Waals surface area contributed by atoms with E-state index in [-0.39, 0.29) is 0 Å². The number of hydrogen-bond acceptors (Lipinski definition) is 3. The van der Waals surface area contributed by atoms with E-state index in [9.17, 15) is 9.90 Å². The predicted molar refractivity (Wildman–Crippen MR) is 74.9 cm³/mol. The Bertz CT molecular complexity index is 461. The van der Waals surface area contributed by atoms with Crippen molar-refractivity contribution in [2.24, 2.45) is 12.5 Å². The van der Waals surface area contributed by atoms with Crippen LogP contribution in [-0.4, -0.2) is 26.4 Å². The molecule has 0 bridgehead atoms. The number of hydrogen-bond donors (Lipinski definition) is 2. The lowest BCUT2D eigenvalue weighted by atomic mass is 9.74. The molecule has 1 heterocycles. The molecule has 0 aromatic carbocycles. The van der Waals surface area contributed by atoms with E-state index >= 15 is 0 Å². The van der Waals surface area contributed by atoms with E-state index in [1.165, 1.54) is 0 Å². The van der Waals surface area contributed by atoms with E-state index in [4.69, 9.17) is 0 Å². The van der Waals surface area contributed by atoms with Crippen molar-refractivity contribution in [1.82, 2.24) is 15.1 Å². The molecule has 0 aliphatic carbocycles. The summed E-state index contributed by atoms with van der Waals surface area (Å²) in [6.45, 7) is 9.98. The molecule has 0 saturated heterocycles. The minimum absolute atomic E-state index is 0.518. The fourth-order valence-electron chi connectivity index (χ4n) is 1.71. The molecule has 2 N–H and O–H groups in total. The van der Waals surface area contributed by atoms with E-state index in [0.29, 0.717) is 6.54 Å². The molecule has 0 aliphatic heterocycles. The fraction of sp³-hybridized carbons (Fsp3) is 0.714. The van der Waals surface area contributed by atoms with Crippen LogP contribution >= 0.6 is 0 Å². The smallest absolute Gasteiger partial charge is 0.310 e. The molecule has 108 valence electrons. The van der Waals surface area contributed by atoms with Crippen LogP contribution < -0.4 is 5.32 Å². The van der Waals surface area contributed by atoms with Gasteiger partial charge in [0.15, 0.2) is 0 Å². The minimum atomic E-state index is -0.848. The first-order chi connectivity index (χ1) is 8.61. The first-order valence-electron chi connectivity index (χ1n) is 6.62. The van der Waals surface area contributed by atoms with Crippen LogP contribution in [-0.2, 0) is 24.8 Å². The van der Waals surface area contributed by atoms with Crippen LogP contribution in [0.2, 0.25) is 0 Å². The third kappa shape index (κ3) is 3.15. The van der Waals surface area contributed by atoms with E-state index in [2.05, 4.69) is 23.4 Å². The zero-order chi connectivity index (χ0) is 14.8. The third-order valence-electron chi connectivity index (χ3n) is 4.20. The van der Waals surface area contributed by atoms with Crippen molar-refractivity contribution in [3.05, 3.63) is 17.5 Å². The van der Waals surface area contributed by atoms with Gasteiger partial charge in [0.2, 0.25) is 0 Å². The van der Waals surface area contributed by atoms with E-state index in [0.717, 1.165) is 17.8 Å². The quantitative estimate of drug-likeness (QED) is 0.827. The predicted octanol–water partition coefficient (Wildman–Crippen LogP) is 1.96. The van der Waals surface area contributed by atoms with E-state index in [1.54, 1.807) is 13.8 Å². The van der Waals surface area contributed by atoms with Crippen molar-refractivity contribution in [3.8, 4) is 0 Å². The van der Waals surface area contributed by atoms with Crippen LogP contribution in [0.3, 0.4) is 0 Å². The molecule has 1 rings (SSSR count). The molecular weight excluding hydrogens is 242 g/mol. The van der Waals surface area contributed by atoms with Gasteiger partial charge in [-0.1, -0.05) is 6.92 Å². The van der Waals surface area contributed by atoms with Gasteiger partial charge < -0.3 is 10.4 Å². The monoisotopic (exact) mass is 267 g/mol. The normalized spacial score (nSPS) is 12.7. The Kier molecular flexibility index (Phi) is 4.40. The maximum atomic E-state index is 11.3. The van der Waals surface area contributed by atoms with Gasteiger partial charge in [0.25, 0.3) is 0 Å². The fourth-order valence-corrected chi connectivity index (χ4v) is 1.71. The Morgan fingerprint density at radius 2 is 2.00 bits per heavy atom. The first kappa shape index (κ1) is 15.7. The highest BCUT2D eigenvalue weighted by molar-refractivity contribution is 5.75. The topological polar surface area (TPSA) is 67.2 Å². The Morgan fingerprint density at radius 3 is 2.42 bits per heavy atom. The first-order valence-corrected chi connectivity index (χ1v) is 6.62. The number of aliphatic carboxylic acids is 1. The summed E-state index contributed by atoms with van der Waals surface area (Å²) in [6.07, 6.45) is 0.901. The number of nitrogens with one attached hydrogen (secondary N) is 1. The molecule has 0 fully saturated rings. The zero-order valence-corrected chi connectivity index (χ0v) is 12.7. The molecule has 1 aromatic rings. The van der Waals surface area contributed by atoms with Crippen molar-refractivity contribution in [3.63, 3.8) is 0 Å². The number of rotatable bonds is 6. The molecule has 0 aliphatic rings. The maximum absolute atomic E-state index is 11.3. The lowest BCUT2D eigenvalue weighted by molar-refractivity contribution is -0.151. The van der Waals surface area contributed by atoms with Gasteiger partial charge >= 0.3 is 5.97 Å². The summed E-state index contributed by atoms with van der Waals surface area (Å²) in [6, 6.07) is 2.05. The molecule has 0 unspecified atom stereocenters. The average molecular weight is 267 g/mol. The second kappa shape index (κ2) is 5.33. The highest BCUT2D eigenvalue weighted by Gasteiger charge is 2.43. The molecule has 0 spiro atoms. The van der Waals surface area contributed by atoms with Gasteiger partial charge in [0, 0.05) is 19.1 Å². The van der Waals surface area contributed by atoms with Crippen LogP contribution in [0.4, 0.5) is 0 Å². The number of aryl methyl sites for hydroxylation is 2. The van der Waals surface area contributed by atoms with Crippen LogP contribution in [0.5, 0.6) is 0 Å². The molecule has 0 saturated carbocycles. The molecule has 1 aromatic heterocycles. The second-order valence-electron chi connectivity index (χ2n) is 6.01. The summed E-state index contributed by atoms with van der Waals surface area (Å²) in [5.41, 5.74) is 0.745. The third-order valence-corrected chi connectivity index (χ3v) is 4.20. The van der Waals surface area contributed by atoms with Crippen LogP contribution in [0.25, 0.3) is 0 Å². The van der Waals surface area contributed by atoms with Gasteiger partial charge in [-0.2, -0.15) is 5.10 Å². The Balaban J connectivity index is 2.80. The number of nitrogens with zero attached hydrogens (tertiary/aromatic N) is 2. The lowest BCUT2D eigenvalue weighted by Gasteiger charge is -2.39. The molecule has 5 heteroatoms. The van der Waals surface area contributed by atoms with Gasteiger partial charge in [0.1, 0.15) is 0 Å². The van der Waals surface area contributed by atoms with Gasteiger partial charge in [-0.05, 0) is 40.2 Å². The maximum Gasteiger partial charge on any atom is 0.310 e. The minimum Gasteiger partial charge on any atom is -0.481 e. The average Bonchev–Trinajstić information content (AvgIpc) is 2.67. The summed E-state index contributed by atoms with van der Waals surface area (Å²) >= 11 is 0. The number of carboxylic acid groups (broad SMARTS) is 1.